The van der Waals surface area contributed by atoms with Crippen LogP contribution in [0.4, 0.5) is 0 Å². The number of carboxylic acids is 2. The molecule has 0 bridgehead atoms. The average Bonchev–Trinajstić information content (AvgIpc) is 1.94. The number of carbonyl (C=O) groups excluding carboxylic acids is 1. The van der Waals surface area contributed by atoms with Gasteiger partial charge in [-0.1, -0.05) is 0 Å². The van der Waals surface area contributed by atoms with Crippen LogP contribution in [-0.4, -0.2) is 57.3 Å². The molecule has 0 rings (SSSR count). The van der Waals surface area contributed by atoms with Gasteiger partial charge in [0, 0.05) is 0 Å². The van der Waals surface area contributed by atoms with Gasteiger partial charge in [-0.25, -0.2) is 13.9 Å². The first-order valence-electron chi connectivity index (χ1n) is 3.58. The quantitative estimate of drug-likeness (QED) is 0.149. The van der Waals surface area contributed by atoms with Gasteiger partial charge >= 0.3 is 27.6 Å². The lowest BCUT2D eigenvalue weighted by Crippen LogP contribution is -2.16. The molecule has 0 amide bonds. The summed E-state index contributed by atoms with van der Waals surface area (Å²) >= 11 is 0. The summed E-state index contributed by atoms with van der Waals surface area (Å²) in [7, 11) is -9.28. The fourth-order valence-corrected chi connectivity index (χ4v) is 0.213. The lowest BCUT2D eigenvalue weighted by molar-refractivity contribution is -0.152. The standard InChI is InChI=1S/C4H4O5.2H3O4P/c5-2(4(8)9)1-3(6)7;2*1-5(2,3)4/h1H2,(H,6,7)(H,8,9);2*(H3,1,2,3,4). The molecule has 0 aliphatic heterocycles. The molecule has 0 radical (unpaired) electrons. The number of phosphoric acid groups is 2. The Morgan fingerprint density at radius 2 is 0.947 bits per heavy atom. The SMILES string of the molecule is O=C(O)CC(=O)C(=O)O.O=P(O)(O)O.O=P(O)(O)O. The highest BCUT2D eigenvalue weighted by Crippen LogP contribution is 2.26. The van der Waals surface area contributed by atoms with Crippen molar-refractivity contribution in [2.24, 2.45) is 0 Å². The molecule has 13 nitrogen and oxygen atoms in total. The predicted octanol–water partition coefficient (Wildman–Crippen LogP) is -2.74. The van der Waals surface area contributed by atoms with Crippen molar-refractivity contribution in [2.75, 3.05) is 0 Å². The van der Waals surface area contributed by atoms with Crippen molar-refractivity contribution >= 4 is 33.4 Å². The molecule has 0 aromatic rings. The molecule has 0 aliphatic carbocycles. The molecule has 0 saturated heterocycles. The summed E-state index contributed by atoms with van der Waals surface area (Å²) in [4.78, 5) is 72.3. The van der Waals surface area contributed by atoms with Crippen molar-refractivity contribution in [1.29, 1.82) is 0 Å². The first-order valence-corrected chi connectivity index (χ1v) is 6.71. The molecule has 0 aromatic carbocycles. The van der Waals surface area contributed by atoms with E-state index >= 15 is 0 Å². The van der Waals surface area contributed by atoms with Crippen LogP contribution < -0.4 is 0 Å². The van der Waals surface area contributed by atoms with E-state index in [1.165, 1.54) is 0 Å². The molecule has 0 atom stereocenters. The summed E-state index contributed by atoms with van der Waals surface area (Å²) in [6.07, 6.45) is -0.949. The van der Waals surface area contributed by atoms with Gasteiger partial charge in [-0.05, 0) is 0 Å². The maximum Gasteiger partial charge on any atom is 0.466 e. The van der Waals surface area contributed by atoms with Gasteiger partial charge < -0.3 is 39.6 Å². The number of carbonyl (C=O) groups is 3. The Morgan fingerprint density at radius 3 is 1.00 bits per heavy atom. The van der Waals surface area contributed by atoms with Crippen molar-refractivity contribution in [3.63, 3.8) is 0 Å². The maximum absolute atomic E-state index is 9.97. The van der Waals surface area contributed by atoms with Gasteiger partial charge in [0.25, 0.3) is 5.78 Å². The van der Waals surface area contributed by atoms with Crippen LogP contribution in [0.25, 0.3) is 0 Å². The number of hydrogen-bond acceptors (Lipinski definition) is 5. The molecule has 0 saturated carbocycles. The number of Topliss-reactive ketones (excluding diaryl/α,β-unsaturated/α-hetero) is 1. The van der Waals surface area contributed by atoms with Crippen LogP contribution in [0.1, 0.15) is 6.42 Å². The minimum atomic E-state index is -4.64. The monoisotopic (exact) mass is 328 g/mol. The number of hydrogen-bond donors (Lipinski definition) is 8. The zero-order valence-corrected chi connectivity index (χ0v) is 10.5. The van der Waals surface area contributed by atoms with Crippen molar-refractivity contribution in [3.8, 4) is 0 Å². The fourth-order valence-electron chi connectivity index (χ4n) is 0.213. The van der Waals surface area contributed by atoms with Crippen molar-refractivity contribution < 1.29 is 63.1 Å². The van der Waals surface area contributed by atoms with Crippen LogP contribution in [0, 0.1) is 0 Å². The Morgan fingerprint density at radius 1 is 0.737 bits per heavy atom. The van der Waals surface area contributed by atoms with Gasteiger partial charge in [0.1, 0.15) is 6.42 Å². The Labute approximate surface area is 104 Å². The highest BCUT2D eigenvalue weighted by atomic mass is 31.2. The molecule has 15 heteroatoms. The molecule has 0 heterocycles. The largest absolute Gasteiger partial charge is 0.481 e. The Hall–Kier alpha value is -1.17. The molecule has 0 aromatic heterocycles. The van der Waals surface area contributed by atoms with E-state index in [-0.39, 0.29) is 0 Å². The van der Waals surface area contributed by atoms with E-state index in [0.717, 1.165) is 0 Å². The zero-order valence-electron chi connectivity index (χ0n) is 8.72. The molecule has 8 N–H and O–H groups in total. The molecule has 0 unspecified atom stereocenters. The Balaban J connectivity index is -0.000000219. The third-order valence-electron chi connectivity index (χ3n) is 0.550. The number of aliphatic carboxylic acids is 2. The number of rotatable bonds is 3. The van der Waals surface area contributed by atoms with E-state index in [9.17, 15) is 14.4 Å². The van der Waals surface area contributed by atoms with Crippen LogP contribution in [0.5, 0.6) is 0 Å². The first kappa shape index (κ1) is 23.0. The summed E-state index contributed by atoms with van der Waals surface area (Å²) in [5.74, 6) is -4.44. The second kappa shape index (κ2) is 9.72. The summed E-state index contributed by atoms with van der Waals surface area (Å²) in [5.41, 5.74) is 0. The highest BCUT2D eigenvalue weighted by molar-refractivity contribution is 7.45. The zero-order chi connectivity index (χ0) is 16.4. The third kappa shape index (κ3) is 79.3. The normalized spacial score (nSPS) is 10.2. The average molecular weight is 328 g/mol. The summed E-state index contributed by atoms with van der Waals surface area (Å²) in [6, 6.07) is 0. The van der Waals surface area contributed by atoms with E-state index < -0.39 is 39.8 Å². The van der Waals surface area contributed by atoms with Crippen molar-refractivity contribution in [2.45, 2.75) is 6.42 Å². The van der Waals surface area contributed by atoms with Crippen LogP contribution in [-0.2, 0) is 23.5 Å². The molecule has 0 aliphatic rings. The van der Waals surface area contributed by atoms with Crippen LogP contribution in [0.15, 0.2) is 0 Å². The van der Waals surface area contributed by atoms with E-state index in [1.54, 1.807) is 0 Å². The third-order valence-corrected chi connectivity index (χ3v) is 0.550. The first-order chi connectivity index (χ1) is 8.04. The van der Waals surface area contributed by atoms with Crippen molar-refractivity contribution in [3.05, 3.63) is 0 Å². The molecular weight excluding hydrogens is 318 g/mol. The lowest BCUT2D eigenvalue weighted by Gasteiger charge is -1.85. The summed E-state index contributed by atoms with van der Waals surface area (Å²) < 4.78 is 17.8. The van der Waals surface area contributed by atoms with Crippen molar-refractivity contribution in [1.82, 2.24) is 0 Å². The van der Waals surface area contributed by atoms with Crippen LogP contribution in [0.2, 0.25) is 0 Å². The fraction of sp³-hybridized carbons (Fsp3) is 0.250. The molecule has 114 valence electrons. The predicted molar refractivity (Wildman–Crippen MR) is 53.4 cm³/mol. The number of carboxylic acid groups (broad SMARTS) is 2. The minimum Gasteiger partial charge on any atom is -0.481 e. The molecule has 0 spiro atoms. The summed E-state index contributed by atoms with van der Waals surface area (Å²) in [5, 5.41) is 15.7. The van der Waals surface area contributed by atoms with Gasteiger partial charge in [-0.3, -0.25) is 9.59 Å². The van der Waals surface area contributed by atoms with Gasteiger partial charge in [-0.2, -0.15) is 0 Å². The lowest BCUT2D eigenvalue weighted by atomic mass is 10.3. The maximum atomic E-state index is 9.97. The molecule has 0 fully saturated rings. The van der Waals surface area contributed by atoms with E-state index in [2.05, 4.69) is 0 Å². The Bertz CT molecular complexity index is 362. The van der Waals surface area contributed by atoms with Gasteiger partial charge in [0.2, 0.25) is 0 Å². The molecular formula is C4H10O13P2. The molecule has 19 heavy (non-hydrogen) atoms. The minimum absolute atomic E-state index is 0.949. The van der Waals surface area contributed by atoms with E-state index in [1.807, 2.05) is 0 Å². The second-order valence-electron chi connectivity index (χ2n) is 2.33. The topological polar surface area (TPSA) is 247 Å². The highest BCUT2D eigenvalue weighted by Gasteiger charge is 2.14. The second-order valence-corrected chi connectivity index (χ2v) is 4.38. The van der Waals surface area contributed by atoms with Gasteiger partial charge in [0.05, 0.1) is 0 Å². The Kier molecular flexibility index (Phi) is 11.7. The van der Waals surface area contributed by atoms with Crippen LogP contribution in [0.3, 0.4) is 0 Å². The van der Waals surface area contributed by atoms with Gasteiger partial charge in [0.15, 0.2) is 0 Å². The van der Waals surface area contributed by atoms with Crippen LogP contribution >= 0.6 is 15.6 Å². The van der Waals surface area contributed by atoms with E-state index in [0.29, 0.717) is 0 Å². The smallest absolute Gasteiger partial charge is 0.466 e. The van der Waals surface area contributed by atoms with E-state index in [4.69, 9.17) is 48.7 Å². The van der Waals surface area contributed by atoms with Gasteiger partial charge in [-0.15, -0.1) is 0 Å². The summed E-state index contributed by atoms with van der Waals surface area (Å²) in [6.45, 7) is 0. The number of ketones is 1.